The standard InChI is InChI=1S/C23H23N5O7S/c1-3-34-22(31)20-13(2)25-23(36)26-21(20)15-6-4-5-7-18(15)35-12-19(30)27-24-11-14-8-9-17(29)16(10-14)28(32)33/h4-11,21,29H,3,12H2,1-2H3,(H,27,30)(H2,25,26,36)/t21-/m0/s1. The summed E-state index contributed by atoms with van der Waals surface area (Å²) in [5.74, 6) is -1.25. The molecule has 2 aromatic rings. The number of phenolic OH excluding ortho intramolecular Hbond substituents is 1. The molecule has 0 aliphatic carbocycles. The largest absolute Gasteiger partial charge is 0.502 e. The number of para-hydroxylation sites is 1. The van der Waals surface area contributed by atoms with E-state index < -0.39 is 40.9 Å². The fraction of sp³-hybridized carbons (Fsp3) is 0.217. The number of nitrogens with one attached hydrogen (secondary N) is 3. The summed E-state index contributed by atoms with van der Waals surface area (Å²) >= 11 is 5.25. The molecule has 13 heteroatoms. The van der Waals surface area contributed by atoms with Crippen LogP contribution in [0.3, 0.4) is 0 Å². The highest BCUT2D eigenvalue weighted by Gasteiger charge is 2.32. The number of carbonyl (C=O) groups excluding carboxylic acids is 2. The molecule has 1 atom stereocenters. The summed E-state index contributed by atoms with van der Waals surface area (Å²) in [5.41, 5.74) is 3.52. The van der Waals surface area contributed by atoms with Crippen molar-refractivity contribution < 1.29 is 29.1 Å². The van der Waals surface area contributed by atoms with E-state index in [1.54, 1.807) is 38.1 Å². The number of ether oxygens (including phenoxy) is 2. The third-order valence-electron chi connectivity index (χ3n) is 4.95. The molecule has 0 unspecified atom stereocenters. The summed E-state index contributed by atoms with van der Waals surface area (Å²) in [6, 6.07) is 9.86. The monoisotopic (exact) mass is 513 g/mol. The highest BCUT2D eigenvalue weighted by molar-refractivity contribution is 7.80. The maximum Gasteiger partial charge on any atom is 0.338 e. The van der Waals surface area contributed by atoms with Crippen molar-refractivity contribution in [2.45, 2.75) is 19.9 Å². The van der Waals surface area contributed by atoms with Crippen LogP contribution in [0.5, 0.6) is 11.5 Å². The van der Waals surface area contributed by atoms with Crippen molar-refractivity contribution in [3.8, 4) is 11.5 Å². The van der Waals surface area contributed by atoms with E-state index in [4.69, 9.17) is 21.7 Å². The minimum Gasteiger partial charge on any atom is -0.502 e. The molecular weight excluding hydrogens is 490 g/mol. The molecule has 0 aromatic heterocycles. The zero-order valence-electron chi connectivity index (χ0n) is 19.3. The lowest BCUT2D eigenvalue weighted by molar-refractivity contribution is -0.385. The van der Waals surface area contributed by atoms with Gasteiger partial charge in [-0.2, -0.15) is 5.10 Å². The van der Waals surface area contributed by atoms with Gasteiger partial charge in [0.05, 0.1) is 29.4 Å². The zero-order valence-corrected chi connectivity index (χ0v) is 20.1. The molecule has 1 aliphatic rings. The second kappa shape index (κ2) is 11.8. The Morgan fingerprint density at radius 1 is 1.31 bits per heavy atom. The number of amides is 1. The number of allylic oxidation sites excluding steroid dienone is 1. The normalized spacial score (nSPS) is 15.2. The first kappa shape index (κ1) is 26.1. The number of esters is 1. The van der Waals surface area contributed by atoms with Gasteiger partial charge in [-0.1, -0.05) is 18.2 Å². The molecule has 0 radical (unpaired) electrons. The van der Waals surface area contributed by atoms with Crippen LogP contribution in [0.25, 0.3) is 0 Å². The maximum absolute atomic E-state index is 12.6. The fourth-order valence-corrected chi connectivity index (χ4v) is 3.65. The summed E-state index contributed by atoms with van der Waals surface area (Å²) in [6.07, 6.45) is 1.19. The van der Waals surface area contributed by atoms with Crippen LogP contribution in [0.15, 0.2) is 58.8 Å². The first-order chi connectivity index (χ1) is 17.2. The van der Waals surface area contributed by atoms with Crippen molar-refractivity contribution in [1.82, 2.24) is 16.1 Å². The number of phenols is 1. The minimum atomic E-state index is -0.732. The van der Waals surface area contributed by atoms with Crippen molar-refractivity contribution in [3.05, 3.63) is 75.0 Å². The highest BCUT2D eigenvalue weighted by Crippen LogP contribution is 2.33. The van der Waals surface area contributed by atoms with Crippen LogP contribution in [-0.2, 0) is 14.3 Å². The quantitative estimate of drug-likeness (QED) is 0.128. The van der Waals surface area contributed by atoms with Gasteiger partial charge < -0.3 is 25.2 Å². The van der Waals surface area contributed by atoms with Crippen molar-refractivity contribution in [2.24, 2.45) is 5.10 Å². The van der Waals surface area contributed by atoms with E-state index in [9.17, 15) is 24.8 Å². The Balaban J connectivity index is 1.70. The molecule has 1 amide bonds. The lowest BCUT2D eigenvalue weighted by atomic mass is 9.95. The number of rotatable bonds is 9. The number of aromatic hydroxyl groups is 1. The number of nitro groups is 1. The second-order valence-corrected chi connectivity index (χ2v) is 7.82. The van der Waals surface area contributed by atoms with Gasteiger partial charge in [-0.3, -0.25) is 14.9 Å². The number of hydrazone groups is 1. The van der Waals surface area contributed by atoms with Crippen LogP contribution in [0.4, 0.5) is 5.69 Å². The number of nitro benzene ring substituents is 1. The van der Waals surface area contributed by atoms with Gasteiger partial charge in [0.25, 0.3) is 5.91 Å². The predicted octanol–water partition coefficient (Wildman–Crippen LogP) is 2.19. The van der Waals surface area contributed by atoms with Gasteiger partial charge in [-0.25, -0.2) is 10.2 Å². The van der Waals surface area contributed by atoms with E-state index in [0.717, 1.165) is 12.1 Å². The van der Waals surface area contributed by atoms with Crippen LogP contribution in [0.1, 0.15) is 31.0 Å². The van der Waals surface area contributed by atoms with Crippen LogP contribution in [0.2, 0.25) is 0 Å². The molecule has 1 aliphatic heterocycles. The van der Waals surface area contributed by atoms with E-state index in [2.05, 4.69) is 21.2 Å². The second-order valence-electron chi connectivity index (χ2n) is 7.42. The van der Waals surface area contributed by atoms with E-state index in [1.807, 2.05) is 0 Å². The molecule has 188 valence electrons. The van der Waals surface area contributed by atoms with Gasteiger partial charge in [0.15, 0.2) is 17.5 Å². The predicted molar refractivity (Wildman–Crippen MR) is 133 cm³/mol. The van der Waals surface area contributed by atoms with Crippen LogP contribution >= 0.6 is 12.2 Å². The molecule has 0 fully saturated rings. The lowest BCUT2D eigenvalue weighted by Gasteiger charge is -2.30. The van der Waals surface area contributed by atoms with Crippen molar-refractivity contribution >= 4 is 41.1 Å². The van der Waals surface area contributed by atoms with E-state index in [-0.39, 0.29) is 6.61 Å². The Morgan fingerprint density at radius 3 is 2.78 bits per heavy atom. The van der Waals surface area contributed by atoms with Crippen LogP contribution in [-0.4, -0.2) is 46.4 Å². The lowest BCUT2D eigenvalue weighted by Crippen LogP contribution is -2.45. The van der Waals surface area contributed by atoms with Gasteiger partial charge in [0, 0.05) is 22.9 Å². The molecule has 1 heterocycles. The summed E-state index contributed by atoms with van der Waals surface area (Å²) in [7, 11) is 0. The van der Waals surface area contributed by atoms with Crippen molar-refractivity contribution in [3.63, 3.8) is 0 Å². The zero-order chi connectivity index (χ0) is 26.2. The molecule has 3 rings (SSSR count). The number of benzene rings is 2. The Hall–Kier alpha value is -4.52. The van der Waals surface area contributed by atoms with Gasteiger partial charge in [0.1, 0.15) is 5.75 Å². The molecule has 36 heavy (non-hydrogen) atoms. The van der Waals surface area contributed by atoms with Crippen LogP contribution < -0.4 is 20.8 Å². The van der Waals surface area contributed by atoms with Crippen molar-refractivity contribution in [2.75, 3.05) is 13.2 Å². The van der Waals surface area contributed by atoms with E-state index in [1.165, 1.54) is 12.3 Å². The Bertz CT molecular complexity index is 1260. The summed E-state index contributed by atoms with van der Waals surface area (Å²) < 4.78 is 10.9. The number of carbonyl (C=O) groups is 2. The van der Waals surface area contributed by atoms with Gasteiger partial charge in [-0.05, 0) is 44.3 Å². The van der Waals surface area contributed by atoms with Crippen LogP contribution in [0, 0.1) is 10.1 Å². The highest BCUT2D eigenvalue weighted by atomic mass is 32.1. The van der Waals surface area contributed by atoms with E-state index in [0.29, 0.717) is 33.3 Å². The number of hydrogen-bond acceptors (Lipinski definition) is 9. The molecule has 0 bridgehead atoms. The first-order valence-corrected chi connectivity index (χ1v) is 11.1. The third-order valence-corrected chi connectivity index (χ3v) is 5.17. The Morgan fingerprint density at radius 2 is 2.06 bits per heavy atom. The molecule has 0 saturated heterocycles. The number of nitrogens with zero attached hydrogens (tertiary/aromatic N) is 2. The Kier molecular flexibility index (Phi) is 8.52. The average Bonchev–Trinajstić information content (AvgIpc) is 2.83. The van der Waals surface area contributed by atoms with Gasteiger partial charge in [0.2, 0.25) is 0 Å². The summed E-state index contributed by atoms with van der Waals surface area (Å²) in [5, 5.41) is 30.4. The minimum absolute atomic E-state index is 0.198. The van der Waals surface area contributed by atoms with Crippen molar-refractivity contribution in [1.29, 1.82) is 0 Å². The molecule has 2 aromatic carbocycles. The molecule has 12 nitrogen and oxygen atoms in total. The first-order valence-electron chi connectivity index (χ1n) is 10.7. The molecular formula is C23H23N5O7S. The third kappa shape index (κ3) is 6.33. The Labute approximate surface area is 211 Å². The maximum atomic E-state index is 12.6. The summed E-state index contributed by atoms with van der Waals surface area (Å²) in [6.45, 7) is 3.21. The molecule has 4 N–H and O–H groups in total. The average molecular weight is 514 g/mol. The smallest absolute Gasteiger partial charge is 0.338 e. The number of thiocarbonyl (C=S) groups is 1. The van der Waals surface area contributed by atoms with Gasteiger partial charge in [-0.15, -0.1) is 0 Å². The fourth-order valence-electron chi connectivity index (χ4n) is 3.38. The van der Waals surface area contributed by atoms with Gasteiger partial charge >= 0.3 is 11.7 Å². The summed E-state index contributed by atoms with van der Waals surface area (Å²) in [4.78, 5) is 35.1. The topological polar surface area (TPSA) is 164 Å². The van der Waals surface area contributed by atoms with E-state index >= 15 is 0 Å². The number of hydrogen-bond donors (Lipinski definition) is 4. The molecule has 0 spiro atoms. The molecule has 0 saturated carbocycles. The SMILES string of the molecule is CCOC(=O)C1=C(C)NC(=S)N[C@H]1c1ccccc1OCC(=O)NN=Cc1ccc(O)c([N+](=O)[O-])c1.